The molecule has 0 unspecified atom stereocenters. The van der Waals surface area contributed by atoms with Crippen LogP contribution in [0.5, 0.6) is 0 Å². The average molecular weight is 487 g/mol. The number of anilines is 3. The summed E-state index contributed by atoms with van der Waals surface area (Å²) < 4.78 is 15.3. The standard InChI is InChI=1S/C27H31FN8/c1-17(26-32-25-23(6-7-31-27(25)33-26)36-10-8-35(5)9-11-36)21-13-18(14-22(28)24(21)29-2)19-12-20(34(3)4)16-30-15-19/h6-7,12-16,29H,1,8-11H2,2-5H3,(H,31,32,33). The number of pyridine rings is 2. The van der Waals surface area contributed by atoms with Crippen molar-refractivity contribution in [2.24, 2.45) is 0 Å². The van der Waals surface area contributed by atoms with E-state index in [1.54, 1.807) is 25.6 Å². The van der Waals surface area contributed by atoms with Gasteiger partial charge in [0.25, 0.3) is 0 Å². The molecular weight excluding hydrogens is 455 g/mol. The van der Waals surface area contributed by atoms with E-state index < -0.39 is 0 Å². The van der Waals surface area contributed by atoms with Crippen LogP contribution in [0.25, 0.3) is 27.9 Å². The van der Waals surface area contributed by atoms with Gasteiger partial charge in [-0.3, -0.25) is 4.98 Å². The number of benzene rings is 1. The van der Waals surface area contributed by atoms with Crippen LogP contribution in [0.4, 0.5) is 21.5 Å². The maximum absolute atomic E-state index is 15.3. The van der Waals surface area contributed by atoms with E-state index >= 15 is 4.39 Å². The van der Waals surface area contributed by atoms with Crippen molar-refractivity contribution in [3.63, 3.8) is 0 Å². The highest BCUT2D eigenvalue weighted by atomic mass is 19.1. The number of hydrogen-bond donors (Lipinski definition) is 2. The van der Waals surface area contributed by atoms with Gasteiger partial charge in [-0.2, -0.15) is 0 Å². The Hall–Kier alpha value is -3.98. The number of piperazine rings is 1. The van der Waals surface area contributed by atoms with Gasteiger partial charge < -0.3 is 25.0 Å². The molecule has 5 rings (SSSR count). The van der Waals surface area contributed by atoms with Gasteiger partial charge in [-0.05, 0) is 36.9 Å². The van der Waals surface area contributed by atoms with Crippen LogP contribution in [0.3, 0.4) is 0 Å². The Morgan fingerprint density at radius 2 is 1.89 bits per heavy atom. The van der Waals surface area contributed by atoms with E-state index in [4.69, 9.17) is 4.98 Å². The Balaban J connectivity index is 1.56. The van der Waals surface area contributed by atoms with Crippen LogP contribution in [-0.4, -0.2) is 79.2 Å². The number of halogens is 1. The van der Waals surface area contributed by atoms with Gasteiger partial charge in [-0.25, -0.2) is 14.4 Å². The van der Waals surface area contributed by atoms with Crippen molar-refractivity contribution in [2.45, 2.75) is 0 Å². The molecule has 1 aromatic carbocycles. The number of likely N-dealkylation sites (N-methyl/N-ethyl adjacent to an activating group) is 1. The van der Waals surface area contributed by atoms with Crippen molar-refractivity contribution in [3.05, 3.63) is 66.6 Å². The molecule has 36 heavy (non-hydrogen) atoms. The van der Waals surface area contributed by atoms with Crippen molar-refractivity contribution in [3.8, 4) is 11.1 Å². The largest absolute Gasteiger partial charge is 0.385 e. The SMILES string of the molecule is C=C(c1nc2nccc(N3CCN(C)CC3)c2[nH]1)c1cc(-c2cncc(N(C)C)c2)cc(F)c1NC. The molecule has 0 radical (unpaired) electrons. The highest BCUT2D eigenvalue weighted by Crippen LogP contribution is 2.35. The molecule has 0 atom stereocenters. The number of H-pyrrole nitrogens is 1. The van der Waals surface area contributed by atoms with Crippen molar-refractivity contribution < 1.29 is 4.39 Å². The highest BCUT2D eigenvalue weighted by Gasteiger charge is 2.21. The Labute approximate surface area is 210 Å². The number of imidazole rings is 1. The van der Waals surface area contributed by atoms with E-state index in [1.807, 2.05) is 37.2 Å². The first kappa shape index (κ1) is 23.7. The first-order valence-corrected chi connectivity index (χ1v) is 12.0. The number of nitrogens with zero attached hydrogens (tertiary/aromatic N) is 6. The van der Waals surface area contributed by atoms with Crippen LogP contribution in [-0.2, 0) is 0 Å². The van der Waals surface area contributed by atoms with E-state index in [1.165, 1.54) is 6.07 Å². The summed E-state index contributed by atoms with van der Waals surface area (Å²) in [6.07, 6.45) is 5.30. The third kappa shape index (κ3) is 4.37. The minimum Gasteiger partial charge on any atom is -0.385 e. The minimum atomic E-state index is -0.367. The second-order valence-corrected chi connectivity index (χ2v) is 9.34. The fraction of sp³-hybridized carbons (Fsp3) is 0.296. The van der Waals surface area contributed by atoms with E-state index in [0.717, 1.165) is 48.6 Å². The number of aromatic amines is 1. The lowest BCUT2D eigenvalue weighted by Crippen LogP contribution is -2.44. The summed E-state index contributed by atoms with van der Waals surface area (Å²) >= 11 is 0. The quantitative estimate of drug-likeness (QED) is 0.425. The predicted molar refractivity (Wildman–Crippen MR) is 145 cm³/mol. The molecule has 186 valence electrons. The summed E-state index contributed by atoms with van der Waals surface area (Å²) in [6, 6.07) is 7.45. The van der Waals surface area contributed by atoms with Crippen LogP contribution in [0, 0.1) is 5.82 Å². The molecule has 2 N–H and O–H groups in total. The van der Waals surface area contributed by atoms with Gasteiger partial charge in [0.05, 0.1) is 23.3 Å². The molecular formula is C27H31FN8. The second kappa shape index (κ2) is 9.58. The number of hydrogen-bond acceptors (Lipinski definition) is 7. The molecule has 0 amide bonds. The van der Waals surface area contributed by atoms with E-state index in [0.29, 0.717) is 33.9 Å². The van der Waals surface area contributed by atoms with Gasteiger partial charge in [0.15, 0.2) is 5.65 Å². The van der Waals surface area contributed by atoms with Gasteiger partial charge in [-0.1, -0.05) is 6.58 Å². The number of rotatable bonds is 6. The number of nitrogens with one attached hydrogen (secondary N) is 2. The molecule has 4 aromatic rings. The smallest absolute Gasteiger partial charge is 0.180 e. The Kier molecular flexibility index (Phi) is 6.32. The molecule has 1 aliphatic rings. The molecule has 3 aromatic heterocycles. The Bertz CT molecular complexity index is 1420. The Morgan fingerprint density at radius 1 is 1.11 bits per heavy atom. The van der Waals surface area contributed by atoms with Crippen molar-refractivity contribution in [1.82, 2.24) is 24.8 Å². The maximum atomic E-state index is 15.3. The lowest BCUT2D eigenvalue weighted by Gasteiger charge is -2.34. The van der Waals surface area contributed by atoms with Crippen LogP contribution in [0.1, 0.15) is 11.4 Å². The van der Waals surface area contributed by atoms with E-state index in [2.05, 4.69) is 43.7 Å². The van der Waals surface area contributed by atoms with Gasteiger partial charge in [0.2, 0.25) is 0 Å². The molecule has 0 spiro atoms. The summed E-state index contributed by atoms with van der Waals surface area (Å²) in [5.41, 5.74) is 6.60. The van der Waals surface area contributed by atoms with Gasteiger partial charge >= 0.3 is 0 Å². The third-order valence-electron chi connectivity index (χ3n) is 6.74. The van der Waals surface area contributed by atoms with Crippen LogP contribution < -0.4 is 15.1 Å². The molecule has 1 aliphatic heterocycles. The minimum absolute atomic E-state index is 0.367. The zero-order valence-electron chi connectivity index (χ0n) is 21.1. The molecule has 1 saturated heterocycles. The van der Waals surface area contributed by atoms with Crippen molar-refractivity contribution in [2.75, 3.05) is 69.5 Å². The summed E-state index contributed by atoms with van der Waals surface area (Å²) in [7, 11) is 7.74. The highest BCUT2D eigenvalue weighted by molar-refractivity contribution is 5.92. The first-order valence-electron chi connectivity index (χ1n) is 12.0. The van der Waals surface area contributed by atoms with Gasteiger partial charge in [-0.15, -0.1) is 0 Å². The summed E-state index contributed by atoms with van der Waals surface area (Å²) in [5, 5.41) is 2.99. The zero-order chi connectivity index (χ0) is 25.4. The molecule has 4 heterocycles. The van der Waals surface area contributed by atoms with Crippen molar-refractivity contribution in [1.29, 1.82) is 0 Å². The summed E-state index contributed by atoms with van der Waals surface area (Å²) in [4.78, 5) is 23.6. The van der Waals surface area contributed by atoms with E-state index in [9.17, 15) is 0 Å². The molecule has 0 bridgehead atoms. The topological polar surface area (TPSA) is 76.2 Å². The lowest BCUT2D eigenvalue weighted by molar-refractivity contribution is 0.313. The fourth-order valence-electron chi connectivity index (χ4n) is 4.57. The second-order valence-electron chi connectivity index (χ2n) is 9.34. The zero-order valence-corrected chi connectivity index (χ0v) is 21.1. The summed E-state index contributed by atoms with van der Waals surface area (Å²) in [6.45, 7) is 8.16. The Morgan fingerprint density at radius 3 is 2.61 bits per heavy atom. The normalized spacial score (nSPS) is 14.3. The number of aromatic nitrogens is 4. The fourth-order valence-corrected chi connectivity index (χ4v) is 4.57. The molecule has 1 fully saturated rings. The summed E-state index contributed by atoms with van der Waals surface area (Å²) in [5.74, 6) is 0.195. The monoisotopic (exact) mass is 486 g/mol. The van der Waals surface area contributed by atoms with E-state index in [-0.39, 0.29) is 5.82 Å². The number of fused-ring (bicyclic) bond motifs is 1. The van der Waals surface area contributed by atoms with Crippen molar-refractivity contribution >= 4 is 33.8 Å². The van der Waals surface area contributed by atoms with Gasteiger partial charge in [0.1, 0.15) is 17.2 Å². The van der Waals surface area contributed by atoms with Crippen LogP contribution in [0.15, 0.2) is 49.4 Å². The molecule has 8 nitrogen and oxygen atoms in total. The average Bonchev–Trinajstić information content (AvgIpc) is 3.33. The van der Waals surface area contributed by atoms with Crippen LogP contribution in [0.2, 0.25) is 0 Å². The lowest BCUT2D eigenvalue weighted by atomic mass is 9.97. The molecule has 0 saturated carbocycles. The predicted octanol–water partition coefficient (Wildman–Crippen LogP) is 4.08. The van der Waals surface area contributed by atoms with Crippen LogP contribution >= 0.6 is 0 Å². The maximum Gasteiger partial charge on any atom is 0.180 e. The molecule has 0 aliphatic carbocycles. The van der Waals surface area contributed by atoms with Gasteiger partial charge in [0, 0.05) is 76.4 Å². The first-order chi connectivity index (χ1) is 17.4. The molecule has 9 heteroatoms. The third-order valence-corrected chi connectivity index (χ3v) is 6.74.